The fraction of sp³-hybridized carbons (Fsp3) is 0.294. The van der Waals surface area contributed by atoms with Gasteiger partial charge in [-0.1, -0.05) is 18.2 Å². The molecule has 1 fully saturated rings. The van der Waals surface area contributed by atoms with Crippen LogP contribution in [0.15, 0.2) is 42.6 Å². The van der Waals surface area contributed by atoms with Crippen LogP contribution in [0, 0.1) is 6.92 Å². The molecule has 0 spiro atoms. The van der Waals surface area contributed by atoms with E-state index in [1.54, 1.807) is 17.0 Å². The Morgan fingerprint density at radius 3 is 2.50 bits per heavy atom. The van der Waals surface area contributed by atoms with Gasteiger partial charge in [-0.05, 0) is 24.6 Å². The van der Waals surface area contributed by atoms with E-state index in [1.165, 1.54) is 6.07 Å². The highest BCUT2D eigenvalue weighted by Gasteiger charge is 2.34. The number of halogens is 3. The Bertz CT molecular complexity index is 738. The van der Waals surface area contributed by atoms with Gasteiger partial charge in [-0.15, -0.1) is 0 Å². The number of carbonyl (C=O) groups excluding carboxylic acids is 1. The smallest absolute Gasteiger partial charge is 0.417 e. The summed E-state index contributed by atoms with van der Waals surface area (Å²) in [6, 6.07) is 9.42. The topological polar surface area (TPSA) is 42.4 Å². The van der Waals surface area contributed by atoms with Crippen LogP contribution in [0.4, 0.5) is 13.2 Å². The van der Waals surface area contributed by atoms with E-state index in [2.05, 4.69) is 4.98 Å². The van der Waals surface area contributed by atoms with Crippen LogP contribution in [0.3, 0.4) is 0 Å². The molecule has 0 atom stereocenters. The van der Waals surface area contributed by atoms with Crippen LogP contribution in [0.1, 0.15) is 21.5 Å². The number of aromatic nitrogens is 1. The number of nitrogens with zero attached hydrogens (tertiary/aromatic N) is 2. The molecule has 1 amide bonds. The largest absolute Gasteiger partial charge is 0.471 e. The lowest BCUT2D eigenvalue weighted by Gasteiger charge is -2.38. The average Bonchev–Trinajstić information content (AvgIpc) is 2.50. The predicted octanol–water partition coefficient (Wildman–Crippen LogP) is 3.31. The second kappa shape index (κ2) is 6.14. The van der Waals surface area contributed by atoms with Crippen LogP contribution < -0.4 is 4.74 Å². The lowest BCUT2D eigenvalue weighted by molar-refractivity contribution is -0.137. The fourth-order valence-electron chi connectivity index (χ4n) is 2.45. The number of hydrogen-bond donors (Lipinski definition) is 0. The molecular weight excluding hydrogens is 321 g/mol. The third-order valence-corrected chi connectivity index (χ3v) is 3.86. The SMILES string of the molecule is Cc1ccccc1C(=O)N1CC(Oc2ccc(C(F)(F)F)cn2)C1. The minimum absolute atomic E-state index is 0.0756. The second-order valence-electron chi connectivity index (χ2n) is 5.65. The summed E-state index contributed by atoms with van der Waals surface area (Å²) in [6.45, 7) is 2.64. The monoisotopic (exact) mass is 336 g/mol. The molecule has 24 heavy (non-hydrogen) atoms. The quantitative estimate of drug-likeness (QED) is 0.864. The van der Waals surface area contributed by atoms with Crippen LogP contribution in [0.2, 0.25) is 0 Å². The molecule has 2 aromatic rings. The van der Waals surface area contributed by atoms with E-state index in [1.807, 2.05) is 19.1 Å². The van der Waals surface area contributed by atoms with E-state index in [0.29, 0.717) is 18.7 Å². The highest BCUT2D eigenvalue weighted by atomic mass is 19.4. The van der Waals surface area contributed by atoms with Gasteiger partial charge in [0, 0.05) is 17.8 Å². The van der Waals surface area contributed by atoms with Crippen LogP contribution in [-0.2, 0) is 6.18 Å². The Kier molecular flexibility index (Phi) is 4.17. The molecular formula is C17H15F3N2O2. The van der Waals surface area contributed by atoms with Crippen molar-refractivity contribution >= 4 is 5.91 Å². The van der Waals surface area contributed by atoms with Crippen LogP contribution in [0.5, 0.6) is 5.88 Å². The first-order chi connectivity index (χ1) is 11.3. The predicted molar refractivity (Wildman–Crippen MR) is 80.7 cm³/mol. The third-order valence-electron chi connectivity index (χ3n) is 3.86. The van der Waals surface area contributed by atoms with Gasteiger partial charge in [0.2, 0.25) is 5.88 Å². The zero-order chi connectivity index (χ0) is 17.3. The molecule has 1 saturated heterocycles. The molecule has 4 nitrogen and oxygen atoms in total. The maximum Gasteiger partial charge on any atom is 0.417 e. The Morgan fingerprint density at radius 1 is 1.21 bits per heavy atom. The number of rotatable bonds is 3. The molecule has 0 N–H and O–H groups in total. The van der Waals surface area contributed by atoms with Gasteiger partial charge in [0.1, 0.15) is 6.10 Å². The van der Waals surface area contributed by atoms with E-state index < -0.39 is 11.7 Å². The molecule has 2 heterocycles. The van der Waals surface area contributed by atoms with Crippen molar-refractivity contribution in [2.24, 2.45) is 0 Å². The van der Waals surface area contributed by atoms with E-state index in [0.717, 1.165) is 17.8 Å². The summed E-state index contributed by atoms with van der Waals surface area (Å²) in [5.41, 5.74) is 0.722. The number of benzene rings is 1. The van der Waals surface area contributed by atoms with Crippen molar-refractivity contribution in [3.8, 4) is 5.88 Å². The van der Waals surface area contributed by atoms with E-state index in [9.17, 15) is 18.0 Å². The zero-order valence-corrected chi connectivity index (χ0v) is 12.9. The maximum atomic E-state index is 12.5. The Morgan fingerprint density at radius 2 is 1.92 bits per heavy atom. The normalized spacial score (nSPS) is 15.1. The Balaban J connectivity index is 1.56. The summed E-state index contributed by atoms with van der Waals surface area (Å²) < 4.78 is 42.9. The summed E-state index contributed by atoms with van der Waals surface area (Å²) in [7, 11) is 0. The molecule has 1 aliphatic rings. The summed E-state index contributed by atoms with van der Waals surface area (Å²) >= 11 is 0. The van der Waals surface area contributed by atoms with Crippen molar-refractivity contribution in [1.29, 1.82) is 0 Å². The average molecular weight is 336 g/mol. The summed E-state index contributed by atoms with van der Waals surface area (Å²) in [5, 5.41) is 0. The molecule has 0 saturated carbocycles. The lowest BCUT2D eigenvalue weighted by atomic mass is 10.0. The molecule has 126 valence electrons. The van der Waals surface area contributed by atoms with Gasteiger partial charge in [0.25, 0.3) is 5.91 Å². The summed E-state index contributed by atoms with van der Waals surface area (Å²) in [4.78, 5) is 17.6. The molecule has 1 aromatic heterocycles. The number of hydrogen-bond acceptors (Lipinski definition) is 3. The fourth-order valence-corrected chi connectivity index (χ4v) is 2.45. The minimum atomic E-state index is -4.42. The number of alkyl halides is 3. The second-order valence-corrected chi connectivity index (χ2v) is 5.65. The standard InChI is InChI=1S/C17H15F3N2O2/c1-11-4-2-3-5-14(11)16(23)22-9-13(10-22)24-15-7-6-12(8-21-15)17(18,19)20/h2-8,13H,9-10H2,1H3. The zero-order valence-electron chi connectivity index (χ0n) is 12.9. The Hall–Kier alpha value is -2.57. The van der Waals surface area contributed by atoms with Crippen molar-refractivity contribution < 1.29 is 22.7 Å². The van der Waals surface area contributed by atoms with Crippen molar-refractivity contribution in [3.63, 3.8) is 0 Å². The van der Waals surface area contributed by atoms with E-state index >= 15 is 0 Å². The van der Waals surface area contributed by atoms with Gasteiger partial charge in [0.15, 0.2) is 0 Å². The van der Waals surface area contributed by atoms with Gasteiger partial charge < -0.3 is 9.64 Å². The highest BCUT2D eigenvalue weighted by Crippen LogP contribution is 2.29. The number of carbonyl (C=O) groups is 1. The molecule has 0 radical (unpaired) electrons. The molecule has 7 heteroatoms. The maximum absolute atomic E-state index is 12.5. The first-order valence-electron chi connectivity index (χ1n) is 7.39. The minimum Gasteiger partial charge on any atom is -0.471 e. The summed E-state index contributed by atoms with van der Waals surface area (Å²) in [6.07, 6.45) is -3.94. The number of ether oxygens (including phenoxy) is 1. The van der Waals surface area contributed by atoms with Crippen molar-refractivity contribution in [1.82, 2.24) is 9.88 Å². The van der Waals surface area contributed by atoms with Gasteiger partial charge in [-0.25, -0.2) is 4.98 Å². The van der Waals surface area contributed by atoms with Gasteiger partial charge in [-0.2, -0.15) is 13.2 Å². The van der Waals surface area contributed by atoms with Gasteiger partial charge in [-0.3, -0.25) is 4.79 Å². The number of pyridine rings is 1. The van der Waals surface area contributed by atoms with Crippen LogP contribution in [-0.4, -0.2) is 35.0 Å². The highest BCUT2D eigenvalue weighted by molar-refractivity contribution is 5.96. The molecule has 0 aliphatic carbocycles. The van der Waals surface area contributed by atoms with Crippen molar-refractivity contribution in [3.05, 3.63) is 59.3 Å². The first kappa shape index (κ1) is 16.3. The van der Waals surface area contributed by atoms with Crippen LogP contribution in [0.25, 0.3) is 0 Å². The van der Waals surface area contributed by atoms with Crippen molar-refractivity contribution in [2.75, 3.05) is 13.1 Å². The number of amides is 1. The Labute approximate surface area is 136 Å². The van der Waals surface area contributed by atoms with Gasteiger partial charge in [0.05, 0.1) is 18.7 Å². The molecule has 0 bridgehead atoms. The first-order valence-corrected chi connectivity index (χ1v) is 7.39. The number of aryl methyl sites for hydroxylation is 1. The molecule has 1 aliphatic heterocycles. The van der Waals surface area contributed by atoms with E-state index in [-0.39, 0.29) is 17.9 Å². The van der Waals surface area contributed by atoms with Crippen LogP contribution >= 0.6 is 0 Å². The third kappa shape index (κ3) is 3.34. The molecule has 3 rings (SSSR count). The van der Waals surface area contributed by atoms with Crippen molar-refractivity contribution in [2.45, 2.75) is 19.2 Å². The number of likely N-dealkylation sites (tertiary alicyclic amines) is 1. The molecule has 1 aromatic carbocycles. The summed E-state index contributed by atoms with van der Waals surface area (Å²) in [5.74, 6) is 0.0457. The lowest BCUT2D eigenvalue weighted by Crippen LogP contribution is -2.56. The molecule has 0 unspecified atom stereocenters. The van der Waals surface area contributed by atoms with Gasteiger partial charge >= 0.3 is 6.18 Å². The van der Waals surface area contributed by atoms with E-state index in [4.69, 9.17) is 4.74 Å².